The van der Waals surface area contributed by atoms with E-state index in [0.29, 0.717) is 5.56 Å². The molecule has 0 N–H and O–H groups in total. The summed E-state index contributed by atoms with van der Waals surface area (Å²) >= 11 is 0. The molecule has 0 atom stereocenters. The highest BCUT2D eigenvalue weighted by Gasteiger charge is 2.07. The summed E-state index contributed by atoms with van der Waals surface area (Å²) in [5.41, 5.74) is 3.05. The van der Waals surface area contributed by atoms with E-state index in [1.54, 1.807) is 18.3 Å². The number of halogens is 1. The molecule has 1 aromatic carbocycles. The number of benzene rings is 1. The van der Waals surface area contributed by atoms with Crippen LogP contribution in [0.1, 0.15) is 15.9 Å². The van der Waals surface area contributed by atoms with Crippen molar-refractivity contribution in [2.24, 2.45) is 0 Å². The van der Waals surface area contributed by atoms with Gasteiger partial charge in [0.05, 0.1) is 0 Å². The van der Waals surface area contributed by atoms with E-state index < -0.39 is 0 Å². The molecule has 0 saturated carbocycles. The summed E-state index contributed by atoms with van der Waals surface area (Å²) in [4.78, 5) is 14.9. The van der Waals surface area contributed by atoms with Crippen molar-refractivity contribution in [3.05, 3.63) is 53.6 Å². The van der Waals surface area contributed by atoms with Crippen LogP contribution in [0.15, 0.2) is 36.7 Å². The summed E-state index contributed by atoms with van der Waals surface area (Å²) in [6.45, 7) is 1.87. The van der Waals surface area contributed by atoms with E-state index in [0.717, 1.165) is 23.0 Å². The van der Waals surface area contributed by atoms with Crippen LogP contribution in [0.25, 0.3) is 11.1 Å². The van der Waals surface area contributed by atoms with Gasteiger partial charge in [-0.05, 0) is 35.7 Å². The fraction of sp³-hybridized carbons (Fsp3) is 0.0769. The van der Waals surface area contributed by atoms with Gasteiger partial charge in [0.25, 0.3) is 0 Å². The van der Waals surface area contributed by atoms with Crippen LogP contribution in [0, 0.1) is 12.7 Å². The van der Waals surface area contributed by atoms with E-state index in [-0.39, 0.29) is 5.82 Å². The molecule has 0 amide bonds. The van der Waals surface area contributed by atoms with Crippen LogP contribution in [-0.2, 0) is 0 Å². The van der Waals surface area contributed by atoms with Crippen LogP contribution in [-0.4, -0.2) is 11.3 Å². The molecule has 2 rings (SSSR count). The van der Waals surface area contributed by atoms with Gasteiger partial charge in [0.2, 0.25) is 0 Å². The number of aromatic nitrogens is 1. The number of pyridine rings is 1. The Bertz CT molecular complexity index is 520. The summed E-state index contributed by atoms with van der Waals surface area (Å²) < 4.78 is 12.8. The van der Waals surface area contributed by atoms with Gasteiger partial charge in [-0.2, -0.15) is 0 Å². The molecule has 0 unspecified atom stereocenters. The Kier molecular flexibility index (Phi) is 2.77. The minimum atomic E-state index is -0.289. The lowest BCUT2D eigenvalue weighted by molar-refractivity contribution is 0.112. The Labute approximate surface area is 92.8 Å². The monoisotopic (exact) mass is 215 g/mol. The molecule has 0 aliphatic carbocycles. The number of carbonyl (C=O) groups is 1. The SMILES string of the molecule is Cc1cncc(C=O)c1-c1ccc(F)cc1. The van der Waals surface area contributed by atoms with Crippen LogP contribution < -0.4 is 0 Å². The zero-order valence-corrected chi connectivity index (χ0v) is 8.77. The molecule has 16 heavy (non-hydrogen) atoms. The standard InChI is InChI=1S/C13H10FNO/c1-9-6-15-7-11(8-16)13(9)10-2-4-12(14)5-3-10/h2-8H,1H3. The molecule has 2 aromatic rings. The Morgan fingerprint density at radius 3 is 2.50 bits per heavy atom. The largest absolute Gasteiger partial charge is 0.298 e. The van der Waals surface area contributed by atoms with Crippen molar-refractivity contribution in [1.29, 1.82) is 0 Å². The van der Waals surface area contributed by atoms with Gasteiger partial charge in [0.15, 0.2) is 6.29 Å². The van der Waals surface area contributed by atoms with Crippen molar-refractivity contribution >= 4 is 6.29 Å². The van der Waals surface area contributed by atoms with Gasteiger partial charge < -0.3 is 0 Å². The Morgan fingerprint density at radius 2 is 1.88 bits per heavy atom. The highest BCUT2D eigenvalue weighted by Crippen LogP contribution is 2.25. The first-order valence-corrected chi connectivity index (χ1v) is 4.88. The molecule has 0 aliphatic heterocycles. The number of hydrogen-bond donors (Lipinski definition) is 0. The molecule has 0 aliphatic rings. The van der Waals surface area contributed by atoms with Crippen LogP contribution in [0.4, 0.5) is 4.39 Å². The normalized spacial score (nSPS) is 10.1. The average molecular weight is 215 g/mol. The first-order valence-electron chi connectivity index (χ1n) is 4.88. The molecule has 0 bridgehead atoms. The topological polar surface area (TPSA) is 30.0 Å². The summed E-state index contributed by atoms with van der Waals surface area (Å²) in [5.74, 6) is -0.289. The van der Waals surface area contributed by atoms with Crippen molar-refractivity contribution in [2.45, 2.75) is 6.92 Å². The third-order valence-corrected chi connectivity index (χ3v) is 2.42. The maximum atomic E-state index is 12.8. The summed E-state index contributed by atoms with van der Waals surface area (Å²) in [7, 11) is 0. The van der Waals surface area contributed by atoms with E-state index in [4.69, 9.17) is 0 Å². The van der Waals surface area contributed by atoms with Gasteiger partial charge in [-0.3, -0.25) is 9.78 Å². The van der Waals surface area contributed by atoms with Gasteiger partial charge >= 0.3 is 0 Å². The molecule has 0 spiro atoms. The van der Waals surface area contributed by atoms with E-state index in [2.05, 4.69) is 4.98 Å². The van der Waals surface area contributed by atoms with Gasteiger partial charge in [-0.25, -0.2) is 4.39 Å². The highest BCUT2D eigenvalue weighted by molar-refractivity contribution is 5.88. The van der Waals surface area contributed by atoms with Gasteiger partial charge in [-0.15, -0.1) is 0 Å². The summed E-state index contributed by atoms with van der Waals surface area (Å²) in [6, 6.07) is 6.07. The highest BCUT2D eigenvalue weighted by atomic mass is 19.1. The molecule has 1 heterocycles. The zero-order valence-electron chi connectivity index (χ0n) is 8.77. The van der Waals surface area contributed by atoms with Crippen LogP contribution in [0.5, 0.6) is 0 Å². The second kappa shape index (κ2) is 4.23. The molecular formula is C13H10FNO. The maximum absolute atomic E-state index is 12.8. The van der Waals surface area contributed by atoms with Crippen molar-refractivity contribution < 1.29 is 9.18 Å². The molecule has 80 valence electrons. The minimum absolute atomic E-state index is 0.289. The van der Waals surface area contributed by atoms with Gasteiger partial charge in [-0.1, -0.05) is 12.1 Å². The zero-order chi connectivity index (χ0) is 11.5. The lowest BCUT2D eigenvalue weighted by atomic mass is 9.98. The fourth-order valence-corrected chi connectivity index (χ4v) is 1.69. The predicted octanol–water partition coefficient (Wildman–Crippen LogP) is 3.01. The number of carbonyl (C=O) groups excluding carboxylic acids is 1. The number of hydrogen-bond acceptors (Lipinski definition) is 2. The number of aldehydes is 1. The molecule has 0 radical (unpaired) electrons. The van der Waals surface area contributed by atoms with Crippen molar-refractivity contribution in [3.8, 4) is 11.1 Å². The molecule has 1 aromatic heterocycles. The number of rotatable bonds is 2. The first-order chi connectivity index (χ1) is 7.72. The smallest absolute Gasteiger partial charge is 0.152 e. The molecule has 2 nitrogen and oxygen atoms in total. The maximum Gasteiger partial charge on any atom is 0.152 e. The lowest BCUT2D eigenvalue weighted by Gasteiger charge is -2.07. The average Bonchev–Trinajstić information content (AvgIpc) is 2.30. The van der Waals surface area contributed by atoms with Crippen molar-refractivity contribution in [2.75, 3.05) is 0 Å². The predicted molar refractivity (Wildman–Crippen MR) is 59.8 cm³/mol. The molecular weight excluding hydrogens is 205 g/mol. The lowest BCUT2D eigenvalue weighted by Crippen LogP contribution is -1.93. The van der Waals surface area contributed by atoms with Gasteiger partial charge in [0, 0.05) is 18.0 Å². The minimum Gasteiger partial charge on any atom is -0.298 e. The van der Waals surface area contributed by atoms with Crippen LogP contribution >= 0.6 is 0 Å². The quantitative estimate of drug-likeness (QED) is 0.721. The van der Waals surface area contributed by atoms with E-state index in [1.807, 2.05) is 6.92 Å². The van der Waals surface area contributed by atoms with Gasteiger partial charge in [0.1, 0.15) is 5.82 Å². The van der Waals surface area contributed by atoms with Crippen molar-refractivity contribution in [3.63, 3.8) is 0 Å². The molecule has 0 saturated heterocycles. The van der Waals surface area contributed by atoms with E-state index >= 15 is 0 Å². The van der Waals surface area contributed by atoms with Crippen LogP contribution in [0.2, 0.25) is 0 Å². The van der Waals surface area contributed by atoms with Crippen LogP contribution in [0.3, 0.4) is 0 Å². The molecule has 3 heteroatoms. The van der Waals surface area contributed by atoms with E-state index in [9.17, 15) is 9.18 Å². The third kappa shape index (κ3) is 1.84. The Morgan fingerprint density at radius 1 is 1.19 bits per heavy atom. The van der Waals surface area contributed by atoms with Crippen molar-refractivity contribution in [1.82, 2.24) is 4.98 Å². The fourth-order valence-electron chi connectivity index (χ4n) is 1.69. The Balaban J connectivity index is 2.63. The number of nitrogens with zero attached hydrogens (tertiary/aromatic N) is 1. The summed E-state index contributed by atoms with van der Waals surface area (Å²) in [6.07, 6.45) is 3.96. The molecule has 0 fully saturated rings. The second-order valence-electron chi connectivity index (χ2n) is 3.55. The number of aryl methyl sites for hydroxylation is 1. The first kappa shape index (κ1) is 10.5. The summed E-state index contributed by atoms with van der Waals surface area (Å²) in [5, 5.41) is 0. The third-order valence-electron chi connectivity index (χ3n) is 2.42. The Hall–Kier alpha value is -2.03. The second-order valence-corrected chi connectivity index (χ2v) is 3.55. The van der Waals surface area contributed by atoms with E-state index in [1.165, 1.54) is 18.3 Å².